The Kier molecular flexibility index (Phi) is 36.2. The molecule has 0 aliphatic heterocycles. The Hall–Kier alpha value is -9.24. The first kappa shape index (κ1) is 91.6. The summed E-state index contributed by atoms with van der Waals surface area (Å²) in [5.41, 5.74) is 12.4. The molecule has 0 amide bonds. The van der Waals surface area contributed by atoms with E-state index in [9.17, 15) is 29.5 Å². The van der Waals surface area contributed by atoms with Gasteiger partial charge < -0.3 is 39.1 Å². The van der Waals surface area contributed by atoms with E-state index >= 15 is 0 Å². The second kappa shape index (κ2) is 44.3. The molecule has 5 aromatic carbocycles. The molecular formula is C72H106N22O13S5. The maximum atomic E-state index is 11.2. The highest BCUT2D eigenvalue weighted by Crippen LogP contribution is 2.35. The molecule has 10 rings (SSSR count). The lowest BCUT2D eigenvalue weighted by atomic mass is 10.1. The standard InChI is InChI=1S/C15H23N5OS.C15H22N4O5S.C15H22N4O2S.C14H20N4O2S.C13H19N5O3S/c1-11-8-13-14(9-12(11)2)18-10-19-15(13)17-6-4-5-7-20-22(3,16)21;1-22-13-8-11-12(9-14(13)23-2)17-10-18-15(11)24-7-5-3-4-6-19-25(16,20)21;1-11-8-13-14(9-12(11)2)17-10-18-15(13)21-7-5-4-6-19-22(3,16)20;1-10-7-12-13(8-11(10)2)16-9-17-14(12)20-6-4-5-18-21(3,15)19;1-9-6-11-10(7-12(9)21-2)13(17-8-16-11)15-4-3-5-18-22(14,19)20/h8-10H,3-7H2,1-2H3,(H3,16,20,21)(H,17,18,19);8-10,19H,3-7H2,1-2H3,(H2,16,20,21);8-10H,3-7H2,1-2H3,(H3,16,19,20);7-9H,3-6H2,1-2H3,(H3,15,18,19);6-8,18H,3-5H2,1-2H3,(H2,14,19,20)(H,15,16,17). The molecule has 5 aromatic heterocycles. The topological polar surface area (TPSA) is 518 Å². The lowest BCUT2D eigenvalue weighted by Crippen LogP contribution is -2.32. The highest BCUT2D eigenvalue weighted by atomic mass is 32.2. The van der Waals surface area contributed by atoms with Gasteiger partial charge >= 0.3 is 0 Å². The number of nitrogens with one attached hydrogen (secondary N) is 7. The third-order valence-corrected chi connectivity index (χ3v) is 19.8. The smallest absolute Gasteiger partial charge is 0.274 e. The number of methoxy groups -OCH3 is 3. The number of hydrogen-bond acceptors (Lipinski definition) is 25. The van der Waals surface area contributed by atoms with Gasteiger partial charge in [-0.1, -0.05) is 0 Å². The van der Waals surface area contributed by atoms with Crippen molar-refractivity contribution >= 4 is 134 Å². The van der Waals surface area contributed by atoms with Crippen molar-refractivity contribution in [1.29, 1.82) is 0 Å². The number of aryl methyl sites for hydroxylation is 7. The van der Waals surface area contributed by atoms with Gasteiger partial charge in [0.1, 0.15) is 49.0 Å². The molecule has 5 heterocycles. The van der Waals surface area contributed by atoms with Crippen LogP contribution in [0.5, 0.6) is 34.9 Å². The molecule has 0 saturated carbocycles. The number of nitrogens with two attached hydrogens (primary N) is 5. The fourth-order valence-corrected chi connectivity index (χ4v) is 12.7. The van der Waals surface area contributed by atoms with E-state index in [0.717, 1.165) is 111 Å². The van der Waals surface area contributed by atoms with Gasteiger partial charge in [0.25, 0.3) is 20.4 Å². The van der Waals surface area contributed by atoms with Crippen molar-refractivity contribution in [2.75, 3.05) is 97.6 Å². The van der Waals surface area contributed by atoms with Crippen LogP contribution in [0.15, 0.2) is 92.3 Å². The van der Waals surface area contributed by atoms with Gasteiger partial charge in [0, 0.05) is 62.7 Å². The van der Waals surface area contributed by atoms with Crippen LogP contribution >= 0.6 is 0 Å². The van der Waals surface area contributed by atoms with Crippen molar-refractivity contribution in [3.63, 3.8) is 0 Å². The molecule has 0 spiro atoms. The van der Waals surface area contributed by atoms with E-state index in [0.29, 0.717) is 112 Å². The molecule has 3 atom stereocenters. The molecule has 3 unspecified atom stereocenters. The van der Waals surface area contributed by atoms with E-state index in [2.05, 4.69) is 142 Å². The van der Waals surface area contributed by atoms with E-state index in [-0.39, 0.29) is 6.54 Å². The van der Waals surface area contributed by atoms with Crippen LogP contribution in [0.4, 0.5) is 11.6 Å². The molecule has 0 aliphatic rings. The summed E-state index contributed by atoms with van der Waals surface area (Å²) in [5, 5.41) is 36.5. The normalized spacial score (nSPS) is 13.0. The van der Waals surface area contributed by atoms with Crippen LogP contribution in [-0.4, -0.2) is 184 Å². The zero-order chi connectivity index (χ0) is 82.2. The fraction of sp³-hybridized carbons (Fsp3) is 0.403. The summed E-state index contributed by atoms with van der Waals surface area (Å²) in [4.78, 5) is 42.4. The van der Waals surface area contributed by atoms with E-state index in [1.807, 2.05) is 57.2 Å². The number of aromatic nitrogens is 10. The first-order valence-electron chi connectivity index (χ1n) is 35.4. The largest absolute Gasteiger partial charge is 0.496 e. The van der Waals surface area contributed by atoms with Crippen LogP contribution in [0, 0.1) is 48.5 Å². The molecule has 35 nitrogen and oxygen atoms in total. The maximum Gasteiger partial charge on any atom is 0.274 e. The van der Waals surface area contributed by atoms with Gasteiger partial charge in [-0.2, -0.15) is 16.8 Å². The number of unbranched alkanes of at least 4 members (excludes halogenated alkanes) is 4. The SMILES string of the molecule is C=S(N)(=O)NCCCCNc1ncnc2cc(C)c(C)cc12.C=S(N)(=O)NCCCCOc1ncnc2cc(C)c(C)cc12.C=S(N)(=O)NCCCOc1ncnc2cc(C)c(C)cc12.COc1cc2c(NCCCNS(N)(=O)=O)ncnc2cc1C.COc1cc2ncnc(OCCCCCNS(N)(=O)=O)c2cc1OC. The molecule has 612 valence electrons. The number of fused-ring (bicyclic) bond motifs is 5. The molecule has 0 aliphatic carbocycles. The Morgan fingerprint density at radius 1 is 0.304 bits per heavy atom. The minimum atomic E-state index is -3.64. The van der Waals surface area contributed by atoms with Gasteiger partial charge in [0.05, 0.1) is 115 Å². The lowest BCUT2D eigenvalue weighted by molar-refractivity contribution is 0.297. The van der Waals surface area contributed by atoms with Crippen LogP contribution < -0.4 is 88.4 Å². The Labute approximate surface area is 656 Å². The second-order valence-electron chi connectivity index (χ2n) is 25.7. The van der Waals surface area contributed by atoms with Crippen LogP contribution in [0.3, 0.4) is 0 Å². The Bertz CT molecular complexity index is 5240. The highest BCUT2D eigenvalue weighted by Gasteiger charge is 2.15. The van der Waals surface area contributed by atoms with E-state index in [4.69, 9.17) is 54.1 Å². The van der Waals surface area contributed by atoms with Crippen molar-refractivity contribution in [3.05, 3.63) is 131 Å². The van der Waals surface area contributed by atoms with Crippen molar-refractivity contribution in [1.82, 2.24) is 73.5 Å². The van der Waals surface area contributed by atoms with Gasteiger partial charge in [-0.05, 0) is 217 Å². The number of anilines is 2. The van der Waals surface area contributed by atoms with Crippen LogP contribution in [0.2, 0.25) is 0 Å². The number of hydrogen-bond donors (Lipinski definition) is 12. The van der Waals surface area contributed by atoms with Crippen molar-refractivity contribution < 1.29 is 57.9 Å². The molecule has 0 saturated heterocycles. The van der Waals surface area contributed by atoms with Crippen LogP contribution in [0.1, 0.15) is 96.7 Å². The first-order chi connectivity index (χ1) is 52.9. The number of benzene rings is 5. The zero-order valence-electron chi connectivity index (χ0n) is 64.9. The maximum absolute atomic E-state index is 11.2. The highest BCUT2D eigenvalue weighted by molar-refractivity contribution is 7.97. The number of ether oxygens (including phenoxy) is 6. The monoisotopic (exact) mass is 1650 g/mol. The minimum absolute atomic E-state index is 0.261. The van der Waals surface area contributed by atoms with E-state index < -0.39 is 50.1 Å². The van der Waals surface area contributed by atoms with Crippen LogP contribution in [-0.2, 0) is 50.1 Å². The van der Waals surface area contributed by atoms with Crippen LogP contribution in [0.25, 0.3) is 54.5 Å². The second-order valence-corrected chi connectivity index (χ2v) is 33.7. The quantitative estimate of drug-likeness (QED) is 0.0165. The lowest BCUT2D eigenvalue weighted by Gasteiger charge is -2.11. The summed E-state index contributed by atoms with van der Waals surface area (Å²) < 4.78 is 122. The van der Waals surface area contributed by atoms with E-state index in [1.54, 1.807) is 39.8 Å². The predicted octanol–water partition coefficient (Wildman–Crippen LogP) is 5.68. The number of rotatable bonds is 37. The predicted molar refractivity (Wildman–Crippen MR) is 450 cm³/mol. The Balaban J connectivity index is 0.000000219. The van der Waals surface area contributed by atoms with Gasteiger partial charge in [0.2, 0.25) is 17.6 Å². The Morgan fingerprint density at radius 2 is 0.589 bits per heavy atom. The van der Waals surface area contributed by atoms with Crippen molar-refractivity contribution in [2.24, 2.45) is 25.7 Å². The molecule has 112 heavy (non-hydrogen) atoms. The summed E-state index contributed by atoms with van der Waals surface area (Å²) in [7, 11) is -10.4. The fourth-order valence-electron chi connectivity index (χ4n) is 10.4. The number of nitrogens with zero attached hydrogens (tertiary/aromatic N) is 10. The van der Waals surface area contributed by atoms with Gasteiger partial charge in [0.15, 0.2) is 11.5 Å². The van der Waals surface area contributed by atoms with Crippen molar-refractivity contribution in [2.45, 2.75) is 106 Å². The molecular weight excluding hydrogens is 1540 g/mol. The molecule has 10 aromatic rings. The molecule has 0 fully saturated rings. The average molecular weight is 1650 g/mol. The van der Waals surface area contributed by atoms with Crippen molar-refractivity contribution in [3.8, 4) is 34.9 Å². The summed E-state index contributed by atoms with van der Waals surface area (Å²) >= 11 is 0. The summed E-state index contributed by atoms with van der Waals surface area (Å²) in [5.74, 6) is 15.1. The van der Waals surface area contributed by atoms with Gasteiger partial charge in [-0.25, -0.2) is 112 Å². The summed E-state index contributed by atoms with van der Waals surface area (Å²) in [6.45, 7) is 19.3. The minimum Gasteiger partial charge on any atom is -0.496 e. The molecule has 0 bridgehead atoms. The molecule has 40 heteroatoms. The third-order valence-electron chi connectivity index (χ3n) is 16.6. The summed E-state index contributed by atoms with van der Waals surface area (Å²) in [6.07, 6.45) is 14.3. The summed E-state index contributed by atoms with van der Waals surface area (Å²) in [6, 6.07) is 19.7. The van der Waals surface area contributed by atoms with Gasteiger partial charge in [-0.15, -0.1) is 0 Å². The average Bonchev–Trinajstić information content (AvgIpc) is 0.859. The molecule has 17 N–H and O–H groups in total. The molecule has 0 radical (unpaired) electrons. The van der Waals surface area contributed by atoms with Gasteiger partial charge in [-0.3, -0.25) is 0 Å². The zero-order valence-corrected chi connectivity index (χ0v) is 69.0. The third kappa shape index (κ3) is 32.5. The Morgan fingerprint density at radius 3 is 1.02 bits per heavy atom. The first-order valence-corrected chi connectivity index (χ1v) is 43.8. The van der Waals surface area contributed by atoms with E-state index in [1.165, 1.54) is 58.7 Å².